The smallest absolute Gasteiger partial charge is 0.478 e. The van der Waals surface area contributed by atoms with Crippen molar-refractivity contribution in [2.24, 2.45) is 5.92 Å². The zero-order valence-electron chi connectivity index (χ0n) is 23.8. The van der Waals surface area contributed by atoms with Gasteiger partial charge in [-0.25, -0.2) is 14.6 Å². The summed E-state index contributed by atoms with van der Waals surface area (Å²) >= 11 is 1.64. The van der Waals surface area contributed by atoms with Crippen molar-refractivity contribution in [1.29, 1.82) is 0 Å². The van der Waals surface area contributed by atoms with Gasteiger partial charge in [0.15, 0.2) is 0 Å². The van der Waals surface area contributed by atoms with Gasteiger partial charge in [-0.1, -0.05) is 38.1 Å². The van der Waals surface area contributed by atoms with E-state index in [9.17, 15) is 32.7 Å². The number of hydrogen-bond acceptors (Lipinski definition) is 7. The lowest BCUT2D eigenvalue weighted by atomic mass is 10.0. The number of carbonyl (C=O) groups is 3. The summed E-state index contributed by atoms with van der Waals surface area (Å²) in [6.07, 6.45) is -1.46. The number of nitrogens with one attached hydrogen (secondary N) is 2. The van der Waals surface area contributed by atoms with Gasteiger partial charge in [0.1, 0.15) is 17.6 Å². The van der Waals surface area contributed by atoms with Crippen LogP contribution in [0.3, 0.4) is 0 Å². The van der Waals surface area contributed by atoms with Crippen LogP contribution in [0.4, 0.5) is 18.0 Å². The predicted octanol–water partition coefficient (Wildman–Crippen LogP) is 5.73. The number of rotatable bonds is 9. The van der Waals surface area contributed by atoms with Gasteiger partial charge in [-0.05, 0) is 47.9 Å². The molecule has 1 aliphatic heterocycles. The number of carboxylic acids is 1. The number of thioether (sulfide) groups is 1. The number of aromatic nitrogens is 2. The molecule has 3 N–H and O–H groups in total. The molecule has 3 aromatic rings. The highest BCUT2D eigenvalue weighted by Crippen LogP contribution is 2.38. The lowest BCUT2D eigenvalue weighted by Crippen LogP contribution is -2.51. The van der Waals surface area contributed by atoms with E-state index in [1.807, 2.05) is 20.1 Å². The van der Waals surface area contributed by atoms with Gasteiger partial charge in [0.05, 0.1) is 30.6 Å². The first-order valence-electron chi connectivity index (χ1n) is 13.3. The second-order valence-electron chi connectivity index (χ2n) is 10.3. The van der Waals surface area contributed by atoms with E-state index in [-0.39, 0.29) is 34.2 Å². The van der Waals surface area contributed by atoms with Crippen molar-refractivity contribution in [3.8, 4) is 28.1 Å². The number of H-pyrrole nitrogens is 1. The Labute approximate surface area is 250 Å². The van der Waals surface area contributed by atoms with Crippen LogP contribution >= 0.6 is 11.8 Å². The Morgan fingerprint density at radius 2 is 1.81 bits per heavy atom. The Morgan fingerprint density at radius 3 is 2.40 bits per heavy atom. The number of benzene rings is 2. The van der Waals surface area contributed by atoms with Gasteiger partial charge in [0, 0.05) is 17.4 Å². The number of imidazole rings is 1. The number of ether oxygens (including phenoxy) is 2. The summed E-state index contributed by atoms with van der Waals surface area (Å²) in [6, 6.07) is 8.71. The molecule has 4 rings (SSSR count). The van der Waals surface area contributed by atoms with Crippen molar-refractivity contribution in [2.45, 2.75) is 44.0 Å². The Morgan fingerprint density at radius 1 is 1.14 bits per heavy atom. The average molecular weight is 621 g/mol. The molecule has 1 aliphatic rings. The Kier molecular flexibility index (Phi) is 9.58. The van der Waals surface area contributed by atoms with E-state index in [1.54, 1.807) is 47.1 Å². The molecule has 0 aliphatic carbocycles. The molecule has 0 saturated carbocycles. The van der Waals surface area contributed by atoms with Crippen molar-refractivity contribution in [1.82, 2.24) is 20.2 Å². The topological polar surface area (TPSA) is 134 Å². The van der Waals surface area contributed by atoms with Crippen molar-refractivity contribution < 1.29 is 42.1 Å². The van der Waals surface area contributed by atoms with E-state index >= 15 is 0 Å². The average Bonchev–Trinajstić information content (AvgIpc) is 3.62. The fourth-order valence-electron chi connectivity index (χ4n) is 4.93. The van der Waals surface area contributed by atoms with Crippen LogP contribution in [0.15, 0.2) is 48.7 Å². The molecular formula is C29H31F3N4O6S. The van der Waals surface area contributed by atoms with Crippen LogP contribution in [-0.4, -0.2) is 75.5 Å². The maximum absolute atomic E-state index is 13.6. The van der Waals surface area contributed by atoms with Gasteiger partial charge in [-0.15, -0.1) is 13.2 Å². The Balaban J connectivity index is 1.59. The molecule has 14 heteroatoms. The Bertz CT molecular complexity index is 1480. The summed E-state index contributed by atoms with van der Waals surface area (Å²) in [7, 11) is 1.24. The number of alkyl carbamates (subject to hydrolysis) is 1. The molecule has 1 fully saturated rings. The normalized spacial score (nSPS) is 17.5. The number of halogens is 3. The summed E-state index contributed by atoms with van der Waals surface area (Å²) < 4.78 is 47.9. The lowest BCUT2D eigenvalue weighted by molar-refractivity contribution is -0.274. The van der Waals surface area contributed by atoms with Gasteiger partial charge in [-0.3, -0.25) is 4.79 Å². The molecule has 10 nitrogen and oxygen atoms in total. The fraction of sp³-hybridized carbons (Fsp3) is 0.379. The number of nitrogens with zero attached hydrogens (tertiary/aromatic N) is 2. The molecule has 2 aromatic carbocycles. The molecule has 1 saturated heterocycles. The first kappa shape index (κ1) is 31.7. The number of amides is 2. The highest BCUT2D eigenvalue weighted by molar-refractivity contribution is 7.99. The predicted molar refractivity (Wildman–Crippen MR) is 154 cm³/mol. The molecule has 230 valence electrons. The van der Waals surface area contributed by atoms with Crippen molar-refractivity contribution >= 4 is 29.7 Å². The third-order valence-corrected chi connectivity index (χ3v) is 8.15. The van der Waals surface area contributed by atoms with Crippen LogP contribution < -0.4 is 10.1 Å². The molecule has 0 spiro atoms. The minimum Gasteiger partial charge on any atom is -0.478 e. The number of aromatic carboxylic acids is 1. The van der Waals surface area contributed by atoms with Crippen molar-refractivity contribution in [3.05, 3.63) is 60.0 Å². The van der Waals surface area contributed by atoms with Crippen LogP contribution in [0.2, 0.25) is 0 Å². The third-order valence-electron chi connectivity index (χ3n) is 7.14. The number of carboxylic acid groups (broad SMARTS) is 1. The quantitative estimate of drug-likeness (QED) is 0.276. The number of aromatic amines is 1. The van der Waals surface area contributed by atoms with E-state index in [0.29, 0.717) is 35.6 Å². The molecule has 3 atom stereocenters. The van der Waals surface area contributed by atoms with E-state index in [0.717, 1.165) is 6.07 Å². The van der Waals surface area contributed by atoms with Crippen LogP contribution in [0.5, 0.6) is 5.75 Å². The maximum atomic E-state index is 13.6. The van der Waals surface area contributed by atoms with E-state index in [4.69, 9.17) is 4.74 Å². The van der Waals surface area contributed by atoms with Gasteiger partial charge in [0.2, 0.25) is 5.91 Å². The minimum absolute atomic E-state index is 0.0719. The summed E-state index contributed by atoms with van der Waals surface area (Å²) in [6.45, 7) is 4.15. The zero-order chi connectivity index (χ0) is 31.5. The first-order chi connectivity index (χ1) is 20.3. The molecule has 1 aromatic heterocycles. The molecule has 2 amide bonds. The molecular weight excluding hydrogens is 589 g/mol. The fourth-order valence-corrected chi connectivity index (χ4v) is 5.62. The monoisotopic (exact) mass is 620 g/mol. The number of likely N-dealkylation sites (tertiary alicyclic amines) is 1. The van der Waals surface area contributed by atoms with E-state index in [1.165, 1.54) is 19.2 Å². The number of hydrogen-bond donors (Lipinski definition) is 3. The number of methoxy groups -OCH3 is 1. The third kappa shape index (κ3) is 7.42. The standard InChI is InChI=1S/C29H31F3N4O6S/c1-15(2)24(35-28(40)41-3)26(37)36-14-19(43-4)12-22(36)25-33-13-21(34-25)17-7-5-16(6-8-17)20-10-9-18(27(38)39)11-23(20)42-29(30,31)32/h5-11,13,15,19,22,24H,12,14H2,1-4H3,(H,33,34)(H,35,40)(H,38,39)/t19-,22-,24-/m0/s1. The van der Waals surface area contributed by atoms with Crippen LogP contribution in [0.25, 0.3) is 22.4 Å². The second-order valence-corrected chi connectivity index (χ2v) is 11.4. The van der Waals surface area contributed by atoms with Crippen LogP contribution in [0, 0.1) is 5.92 Å². The minimum atomic E-state index is -5.01. The van der Waals surface area contributed by atoms with Gasteiger partial charge in [-0.2, -0.15) is 11.8 Å². The number of alkyl halides is 3. The number of carbonyl (C=O) groups excluding carboxylic acids is 2. The Hall–Kier alpha value is -4.20. The summed E-state index contributed by atoms with van der Waals surface area (Å²) in [5, 5.41) is 12.0. The zero-order valence-corrected chi connectivity index (χ0v) is 24.6. The van der Waals surface area contributed by atoms with Gasteiger partial charge >= 0.3 is 18.4 Å². The molecule has 0 bridgehead atoms. The molecule has 0 radical (unpaired) electrons. The maximum Gasteiger partial charge on any atom is 0.573 e. The highest BCUT2D eigenvalue weighted by atomic mass is 32.2. The van der Waals surface area contributed by atoms with Crippen molar-refractivity contribution in [2.75, 3.05) is 19.9 Å². The molecule has 43 heavy (non-hydrogen) atoms. The lowest BCUT2D eigenvalue weighted by Gasteiger charge is -2.30. The van der Waals surface area contributed by atoms with Crippen molar-refractivity contribution in [3.63, 3.8) is 0 Å². The van der Waals surface area contributed by atoms with E-state index in [2.05, 4.69) is 20.0 Å². The molecule has 2 heterocycles. The van der Waals surface area contributed by atoms with Crippen LogP contribution in [0.1, 0.15) is 42.5 Å². The summed E-state index contributed by atoms with van der Waals surface area (Å²) in [4.78, 5) is 46.3. The first-order valence-corrected chi connectivity index (χ1v) is 14.6. The molecule has 0 unspecified atom stereocenters. The second kappa shape index (κ2) is 13.0. The largest absolute Gasteiger partial charge is 0.573 e. The summed E-state index contributed by atoms with van der Waals surface area (Å²) in [5.41, 5.74) is 1.43. The van der Waals surface area contributed by atoms with Crippen LogP contribution in [-0.2, 0) is 9.53 Å². The summed E-state index contributed by atoms with van der Waals surface area (Å²) in [5.74, 6) is -1.87. The van der Waals surface area contributed by atoms with Gasteiger partial charge in [0.25, 0.3) is 0 Å². The van der Waals surface area contributed by atoms with E-state index < -0.39 is 30.2 Å². The highest BCUT2D eigenvalue weighted by Gasteiger charge is 2.41. The van der Waals surface area contributed by atoms with Gasteiger partial charge < -0.3 is 29.8 Å². The SMILES string of the molecule is COC(=O)N[C@H](C(=O)N1C[C@@H](SC)C[C@H]1c1ncc(-c2ccc(-c3ccc(C(=O)O)cc3OC(F)(F)F)cc2)[nH]1)C(C)C.